The Bertz CT molecular complexity index is 594. The molecule has 2 heterocycles. The molecule has 1 fully saturated rings. The molecule has 116 valence electrons. The van der Waals surface area contributed by atoms with E-state index in [-0.39, 0.29) is 11.6 Å². The van der Waals surface area contributed by atoms with Crippen molar-refractivity contribution in [3.63, 3.8) is 0 Å². The molecule has 8 nitrogen and oxygen atoms in total. The summed E-state index contributed by atoms with van der Waals surface area (Å²) in [6.45, 7) is 4.03. The minimum absolute atomic E-state index is 0.223. The summed E-state index contributed by atoms with van der Waals surface area (Å²) in [7, 11) is -3.19. The number of carbonyl (C=O) groups excluding carboxylic acids is 1. The van der Waals surface area contributed by atoms with Crippen LogP contribution in [0.4, 0.5) is 5.82 Å². The second-order valence-electron chi connectivity index (χ2n) is 4.79. The largest absolute Gasteiger partial charge is 0.369 e. The fourth-order valence-corrected chi connectivity index (χ4v) is 2.93. The van der Waals surface area contributed by atoms with Crippen LogP contribution >= 0.6 is 0 Å². The van der Waals surface area contributed by atoms with Crippen LogP contribution < -0.4 is 5.32 Å². The number of sulfonamides is 1. The average Bonchev–Trinajstić information content (AvgIpc) is 2.47. The third-order valence-electron chi connectivity index (χ3n) is 3.24. The van der Waals surface area contributed by atoms with E-state index in [0.717, 1.165) is 6.54 Å². The Labute approximate surface area is 124 Å². The smallest absolute Gasteiger partial charge is 0.274 e. The number of piperazine rings is 1. The van der Waals surface area contributed by atoms with E-state index in [2.05, 4.69) is 15.5 Å². The lowest BCUT2D eigenvalue weighted by Crippen LogP contribution is -2.50. The van der Waals surface area contributed by atoms with Gasteiger partial charge in [0, 0.05) is 32.7 Å². The zero-order valence-electron chi connectivity index (χ0n) is 12.1. The zero-order valence-corrected chi connectivity index (χ0v) is 12.9. The normalized spacial score (nSPS) is 16.8. The molecular formula is C12H19N5O3S. The van der Waals surface area contributed by atoms with E-state index in [1.54, 1.807) is 17.0 Å². The number of hydrogen-bond acceptors (Lipinski definition) is 6. The van der Waals surface area contributed by atoms with E-state index in [0.29, 0.717) is 32.0 Å². The summed E-state index contributed by atoms with van der Waals surface area (Å²) >= 11 is 0. The van der Waals surface area contributed by atoms with Gasteiger partial charge in [0.1, 0.15) is 5.82 Å². The van der Waals surface area contributed by atoms with Gasteiger partial charge < -0.3 is 10.2 Å². The third-order valence-corrected chi connectivity index (χ3v) is 4.54. The van der Waals surface area contributed by atoms with Crippen LogP contribution in [-0.4, -0.2) is 72.7 Å². The molecule has 1 aliphatic rings. The van der Waals surface area contributed by atoms with Crippen molar-refractivity contribution >= 4 is 21.7 Å². The number of aromatic nitrogens is 2. The summed E-state index contributed by atoms with van der Waals surface area (Å²) in [5, 5.41) is 10.8. The van der Waals surface area contributed by atoms with Crippen LogP contribution in [0.15, 0.2) is 12.1 Å². The number of anilines is 1. The molecule has 1 N–H and O–H groups in total. The highest BCUT2D eigenvalue weighted by Crippen LogP contribution is 2.10. The molecule has 1 aromatic rings. The van der Waals surface area contributed by atoms with Gasteiger partial charge in [0.05, 0.1) is 6.26 Å². The fraction of sp³-hybridized carbons (Fsp3) is 0.583. The molecule has 1 amide bonds. The molecular weight excluding hydrogens is 294 g/mol. The summed E-state index contributed by atoms with van der Waals surface area (Å²) in [6.07, 6.45) is 1.18. The van der Waals surface area contributed by atoms with Crippen molar-refractivity contribution in [3.05, 3.63) is 17.8 Å². The maximum absolute atomic E-state index is 12.3. The average molecular weight is 313 g/mol. The molecule has 2 rings (SSSR count). The van der Waals surface area contributed by atoms with Crippen molar-refractivity contribution in [2.45, 2.75) is 6.92 Å². The molecule has 0 aromatic carbocycles. The van der Waals surface area contributed by atoms with Crippen molar-refractivity contribution in [2.24, 2.45) is 0 Å². The van der Waals surface area contributed by atoms with Crippen LogP contribution in [0.5, 0.6) is 0 Å². The molecule has 1 aliphatic heterocycles. The molecule has 1 aromatic heterocycles. The molecule has 1 saturated heterocycles. The molecule has 0 bridgehead atoms. The fourth-order valence-electron chi connectivity index (χ4n) is 2.11. The highest BCUT2D eigenvalue weighted by atomic mass is 32.2. The lowest BCUT2D eigenvalue weighted by atomic mass is 10.3. The highest BCUT2D eigenvalue weighted by Gasteiger charge is 2.27. The number of amides is 1. The van der Waals surface area contributed by atoms with Crippen LogP contribution in [0.25, 0.3) is 0 Å². The Balaban J connectivity index is 1.98. The van der Waals surface area contributed by atoms with Gasteiger partial charge in [0.15, 0.2) is 5.69 Å². The maximum Gasteiger partial charge on any atom is 0.274 e. The summed E-state index contributed by atoms with van der Waals surface area (Å²) < 4.78 is 24.2. The van der Waals surface area contributed by atoms with Crippen molar-refractivity contribution < 1.29 is 13.2 Å². The van der Waals surface area contributed by atoms with Gasteiger partial charge in [-0.1, -0.05) is 0 Å². The Hall–Kier alpha value is -1.74. The van der Waals surface area contributed by atoms with Gasteiger partial charge in [0.25, 0.3) is 5.91 Å². The van der Waals surface area contributed by atoms with Crippen LogP contribution in [0.2, 0.25) is 0 Å². The molecule has 0 spiro atoms. The van der Waals surface area contributed by atoms with Crippen molar-refractivity contribution in [1.29, 1.82) is 0 Å². The second kappa shape index (κ2) is 6.35. The minimum atomic E-state index is -3.19. The predicted molar refractivity (Wildman–Crippen MR) is 78.5 cm³/mol. The van der Waals surface area contributed by atoms with E-state index in [1.807, 2.05) is 6.92 Å². The number of nitrogens with one attached hydrogen (secondary N) is 1. The minimum Gasteiger partial charge on any atom is -0.369 e. The molecule has 0 unspecified atom stereocenters. The van der Waals surface area contributed by atoms with Crippen LogP contribution in [0.3, 0.4) is 0 Å². The molecule has 0 saturated carbocycles. The van der Waals surface area contributed by atoms with Crippen molar-refractivity contribution in [3.8, 4) is 0 Å². The SMILES string of the molecule is CCNc1ccc(C(=O)N2CCN(S(C)(=O)=O)CC2)nn1. The predicted octanol–water partition coefficient (Wildman–Crippen LogP) is -0.374. The van der Waals surface area contributed by atoms with Gasteiger partial charge in [0.2, 0.25) is 10.0 Å². The molecule has 0 atom stereocenters. The van der Waals surface area contributed by atoms with Crippen LogP contribution in [0, 0.1) is 0 Å². The number of carbonyl (C=O) groups is 1. The van der Waals surface area contributed by atoms with E-state index in [1.165, 1.54) is 10.6 Å². The van der Waals surface area contributed by atoms with Crippen molar-refractivity contribution in [1.82, 2.24) is 19.4 Å². The maximum atomic E-state index is 12.3. The summed E-state index contributed by atoms with van der Waals surface area (Å²) in [5.41, 5.74) is 0.268. The topological polar surface area (TPSA) is 95.5 Å². The first-order valence-corrected chi connectivity index (χ1v) is 8.58. The first kappa shape index (κ1) is 15.6. The molecule has 0 radical (unpaired) electrons. The van der Waals surface area contributed by atoms with E-state index < -0.39 is 10.0 Å². The number of hydrogen-bond donors (Lipinski definition) is 1. The van der Waals surface area contributed by atoms with Gasteiger partial charge >= 0.3 is 0 Å². The van der Waals surface area contributed by atoms with Gasteiger partial charge in [-0.2, -0.15) is 4.31 Å². The van der Waals surface area contributed by atoms with Gasteiger partial charge in [-0.05, 0) is 19.1 Å². The van der Waals surface area contributed by atoms with Gasteiger partial charge in [-0.25, -0.2) is 8.42 Å². The Morgan fingerprint density at radius 2 is 1.90 bits per heavy atom. The van der Waals surface area contributed by atoms with Gasteiger partial charge in [-0.15, -0.1) is 10.2 Å². The molecule has 21 heavy (non-hydrogen) atoms. The lowest BCUT2D eigenvalue weighted by Gasteiger charge is -2.32. The van der Waals surface area contributed by atoms with E-state index >= 15 is 0 Å². The van der Waals surface area contributed by atoms with E-state index in [9.17, 15) is 13.2 Å². The quantitative estimate of drug-likeness (QED) is 0.814. The standard InChI is InChI=1S/C12H19N5O3S/c1-3-13-11-5-4-10(14-15-11)12(18)16-6-8-17(9-7-16)21(2,19)20/h4-5H,3,6-9H2,1-2H3,(H,13,15). The third kappa shape index (κ3) is 3.88. The second-order valence-corrected chi connectivity index (χ2v) is 6.77. The molecule has 0 aliphatic carbocycles. The monoisotopic (exact) mass is 313 g/mol. The summed E-state index contributed by atoms with van der Waals surface area (Å²) in [4.78, 5) is 13.9. The Morgan fingerprint density at radius 1 is 1.24 bits per heavy atom. The first-order valence-electron chi connectivity index (χ1n) is 6.74. The zero-order chi connectivity index (χ0) is 15.5. The Morgan fingerprint density at radius 3 is 2.38 bits per heavy atom. The number of rotatable bonds is 4. The first-order chi connectivity index (χ1) is 9.91. The number of nitrogens with zero attached hydrogens (tertiary/aromatic N) is 4. The summed E-state index contributed by atoms with van der Waals surface area (Å²) in [5.74, 6) is 0.398. The lowest BCUT2D eigenvalue weighted by molar-refractivity contribution is 0.0691. The van der Waals surface area contributed by atoms with Crippen LogP contribution in [0.1, 0.15) is 17.4 Å². The summed E-state index contributed by atoms with van der Waals surface area (Å²) in [6, 6.07) is 3.33. The van der Waals surface area contributed by atoms with Crippen LogP contribution in [-0.2, 0) is 10.0 Å². The van der Waals surface area contributed by atoms with Gasteiger partial charge in [-0.3, -0.25) is 4.79 Å². The highest BCUT2D eigenvalue weighted by molar-refractivity contribution is 7.88. The Kier molecular flexibility index (Phi) is 4.73. The molecule has 9 heteroatoms. The van der Waals surface area contributed by atoms with Crippen molar-refractivity contribution in [2.75, 3.05) is 44.3 Å². The van der Waals surface area contributed by atoms with E-state index in [4.69, 9.17) is 0 Å².